The molecule has 1 aromatic carbocycles. The molecule has 0 amide bonds. The maximum absolute atomic E-state index is 5.02. The first-order chi connectivity index (χ1) is 11.2. The van der Waals surface area contributed by atoms with Gasteiger partial charge in [0.1, 0.15) is 5.82 Å². The average molecular weight is 443 g/mol. The molecule has 0 aliphatic rings. The minimum atomic E-state index is 0. The lowest BCUT2D eigenvalue weighted by Gasteiger charge is -2.12. The van der Waals surface area contributed by atoms with Crippen molar-refractivity contribution in [1.29, 1.82) is 0 Å². The van der Waals surface area contributed by atoms with Crippen molar-refractivity contribution in [2.75, 3.05) is 27.3 Å². The summed E-state index contributed by atoms with van der Waals surface area (Å²) in [5.41, 5.74) is 2.47. The highest BCUT2D eigenvalue weighted by Gasteiger charge is 2.02. The topological polar surface area (TPSA) is 63.5 Å². The Balaban J connectivity index is 0.00000288. The molecule has 2 aromatic rings. The lowest BCUT2D eigenvalue weighted by Crippen LogP contribution is -2.38. The minimum absolute atomic E-state index is 0. The van der Waals surface area contributed by atoms with Gasteiger partial charge in [-0.2, -0.15) is 0 Å². The van der Waals surface area contributed by atoms with Crippen LogP contribution in [-0.4, -0.2) is 42.8 Å². The molecule has 132 valence electrons. The van der Waals surface area contributed by atoms with Gasteiger partial charge in [-0.3, -0.25) is 4.99 Å². The molecule has 6 nitrogen and oxygen atoms in total. The summed E-state index contributed by atoms with van der Waals surface area (Å²) >= 11 is 0. The Morgan fingerprint density at radius 2 is 2.08 bits per heavy atom. The average Bonchev–Trinajstić information content (AvgIpc) is 2.96. The number of aromatic nitrogens is 2. The normalized spacial score (nSPS) is 11.0. The number of rotatable bonds is 7. The number of aliphatic imine (C=N–C) groups is 1. The van der Waals surface area contributed by atoms with Gasteiger partial charge in [-0.05, 0) is 18.1 Å². The molecule has 7 heteroatoms. The molecule has 0 atom stereocenters. The summed E-state index contributed by atoms with van der Waals surface area (Å²) in [6.07, 6.45) is 3.83. The summed E-state index contributed by atoms with van der Waals surface area (Å²) in [5, 5.41) is 6.51. The van der Waals surface area contributed by atoms with Gasteiger partial charge in [-0.15, -0.1) is 24.0 Å². The van der Waals surface area contributed by atoms with Crippen LogP contribution in [0.4, 0.5) is 0 Å². The van der Waals surface area contributed by atoms with Crippen molar-refractivity contribution in [2.45, 2.75) is 20.0 Å². The summed E-state index contributed by atoms with van der Waals surface area (Å²) in [5.74, 6) is 1.80. The minimum Gasteiger partial charge on any atom is -0.383 e. The Morgan fingerprint density at radius 3 is 2.75 bits per heavy atom. The summed E-state index contributed by atoms with van der Waals surface area (Å²) in [4.78, 5) is 8.45. The molecule has 1 heterocycles. The van der Waals surface area contributed by atoms with E-state index in [0.717, 1.165) is 31.4 Å². The van der Waals surface area contributed by atoms with Gasteiger partial charge in [0, 0.05) is 46.2 Å². The molecular weight excluding hydrogens is 417 g/mol. The summed E-state index contributed by atoms with van der Waals surface area (Å²) < 4.78 is 7.16. The lowest BCUT2D eigenvalue weighted by atomic mass is 10.1. The number of aryl methyl sites for hydroxylation is 1. The van der Waals surface area contributed by atoms with Gasteiger partial charge in [0.2, 0.25) is 0 Å². The maximum Gasteiger partial charge on any atom is 0.191 e. The fraction of sp³-hybridized carbons (Fsp3) is 0.412. The number of hydrogen-bond donors (Lipinski definition) is 2. The van der Waals surface area contributed by atoms with Crippen LogP contribution in [0, 0.1) is 6.92 Å². The number of guanidine groups is 1. The number of nitrogens with zero attached hydrogens (tertiary/aromatic N) is 3. The number of ether oxygens (including phenoxy) is 1. The van der Waals surface area contributed by atoms with Gasteiger partial charge in [0.15, 0.2) is 5.96 Å². The molecule has 0 aliphatic heterocycles. The van der Waals surface area contributed by atoms with Crippen molar-refractivity contribution < 1.29 is 4.74 Å². The van der Waals surface area contributed by atoms with E-state index in [2.05, 4.69) is 49.4 Å². The molecule has 0 saturated heterocycles. The van der Waals surface area contributed by atoms with Crippen LogP contribution in [0.3, 0.4) is 0 Å². The van der Waals surface area contributed by atoms with Crippen molar-refractivity contribution >= 4 is 29.9 Å². The van der Waals surface area contributed by atoms with Crippen molar-refractivity contribution in [3.63, 3.8) is 0 Å². The van der Waals surface area contributed by atoms with E-state index in [-0.39, 0.29) is 24.0 Å². The largest absolute Gasteiger partial charge is 0.383 e. The van der Waals surface area contributed by atoms with E-state index in [9.17, 15) is 0 Å². The van der Waals surface area contributed by atoms with Crippen LogP contribution in [0.15, 0.2) is 41.7 Å². The Bertz CT molecular complexity index is 641. The van der Waals surface area contributed by atoms with Crippen LogP contribution in [0.5, 0.6) is 0 Å². The molecule has 0 unspecified atom stereocenters. The first-order valence-corrected chi connectivity index (χ1v) is 7.72. The fourth-order valence-corrected chi connectivity index (χ4v) is 2.28. The number of hydrogen-bond acceptors (Lipinski definition) is 3. The third kappa shape index (κ3) is 6.48. The molecule has 0 spiro atoms. The predicted octanol–water partition coefficient (Wildman–Crippen LogP) is 2.17. The van der Waals surface area contributed by atoms with Gasteiger partial charge in [0.05, 0.1) is 6.61 Å². The third-order valence-corrected chi connectivity index (χ3v) is 3.55. The molecule has 0 fully saturated rings. The Morgan fingerprint density at radius 1 is 1.29 bits per heavy atom. The monoisotopic (exact) mass is 443 g/mol. The quantitative estimate of drug-likeness (QED) is 0.298. The summed E-state index contributed by atoms with van der Waals surface area (Å²) in [6.45, 7) is 4.96. The van der Waals surface area contributed by atoms with E-state index in [1.165, 1.54) is 11.1 Å². The van der Waals surface area contributed by atoms with Crippen LogP contribution in [-0.2, 0) is 17.8 Å². The molecule has 24 heavy (non-hydrogen) atoms. The molecular formula is C17H26IN5O. The number of benzene rings is 1. The van der Waals surface area contributed by atoms with Crippen LogP contribution in [0.1, 0.15) is 17.0 Å². The smallest absolute Gasteiger partial charge is 0.191 e. The first-order valence-electron chi connectivity index (χ1n) is 7.72. The van der Waals surface area contributed by atoms with Gasteiger partial charge < -0.3 is 19.9 Å². The zero-order valence-electron chi connectivity index (χ0n) is 14.5. The van der Waals surface area contributed by atoms with Gasteiger partial charge >= 0.3 is 0 Å². The second kappa shape index (κ2) is 11.0. The molecule has 0 radical (unpaired) electrons. The fourth-order valence-electron chi connectivity index (χ4n) is 2.28. The Hall–Kier alpha value is -1.61. The molecule has 0 bridgehead atoms. The van der Waals surface area contributed by atoms with Crippen molar-refractivity contribution in [2.24, 2.45) is 4.99 Å². The second-order valence-electron chi connectivity index (χ2n) is 5.27. The Kier molecular flexibility index (Phi) is 9.39. The maximum atomic E-state index is 5.02. The highest BCUT2D eigenvalue weighted by molar-refractivity contribution is 14.0. The lowest BCUT2D eigenvalue weighted by molar-refractivity contribution is 0.203. The number of halogens is 1. The number of imidazole rings is 1. The van der Waals surface area contributed by atoms with Gasteiger partial charge in [-0.25, -0.2) is 4.98 Å². The van der Waals surface area contributed by atoms with Crippen LogP contribution in [0.2, 0.25) is 0 Å². The van der Waals surface area contributed by atoms with Gasteiger partial charge in [-0.1, -0.05) is 24.3 Å². The van der Waals surface area contributed by atoms with E-state index in [1.807, 2.05) is 19.3 Å². The predicted molar refractivity (Wildman–Crippen MR) is 108 cm³/mol. The molecule has 2 rings (SSSR count). The van der Waals surface area contributed by atoms with Crippen LogP contribution in [0.25, 0.3) is 0 Å². The van der Waals surface area contributed by atoms with Crippen LogP contribution < -0.4 is 10.6 Å². The molecule has 1 aromatic heterocycles. The zero-order chi connectivity index (χ0) is 16.5. The SMILES string of the molecule is CN=C(NCCOC)NCc1cccc(Cn2ccnc2C)c1.I. The molecule has 2 N–H and O–H groups in total. The summed E-state index contributed by atoms with van der Waals surface area (Å²) in [7, 11) is 3.45. The first kappa shape index (κ1) is 20.4. The van der Waals surface area contributed by atoms with Crippen molar-refractivity contribution in [3.8, 4) is 0 Å². The Labute approximate surface area is 160 Å². The van der Waals surface area contributed by atoms with E-state index >= 15 is 0 Å². The highest BCUT2D eigenvalue weighted by atomic mass is 127. The molecule has 0 saturated carbocycles. The van der Waals surface area contributed by atoms with Gasteiger partial charge in [0.25, 0.3) is 0 Å². The second-order valence-corrected chi connectivity index (χ2v) is 5.27. The summed E-state index contributed by atoms with van der Waals surface area (Å²) in [6, 6.07) is 8.53. The zero-order valence-corrected chi connectivity index (χ0v) is 16.8. The number of nitrogens with one attached hydrogen (secondary N) is 2. The van der Waals surface area contributed by atoms with Crippen molar-refractivity contribution in [1.82, 2.24) is 20.2 Å². The third-order valence-electron chi connectivity index (χ3n) is 3.55. The van der Waals surface area contributed by atoms with Crippen molar-refractivity contribution in [3.05, 3.63) is 53.6 Å². The number of methoxy groups -OCH3 is 1. The molecule has 0 aliphatic carbocycles. The standard InChI is InChI=1S/C17H25N5O.HI/c1-14-19-7-9-22(14)13-16-6-4-5-15(11-16)12-21-17(18-2)20-8-10-23-3;/h4-7,9,11H,8,10,12-13H2,1-3H3,(H2,18,20,21);1H. The van der Waals surface area contributed by atoms with E-state index < -0.39 is 0 Å². The van der Waals surface area contributed by atoms with Crippen LogP contribution >= 0.6 is 24.0 Å². The highest BCUT2D eigenvalue weighted by Crippen LogP contribution is 2.08. The van der Waals surface area contributed by atoms with E-state index in [4.69, 9.17) is 4.74 Å². The van der Waals surface area contributed by atoms with E-state index in [0.29, 0.717) is 6.61 Å². The van der Waals surface area contributed by atoms with E-state index in [1.54, 1.807) is 14.2 Å².